The van der Waals surface area contributed by atoms with Gasteiger partial charge in [0.2, 0.25) is 0 Å². The molecule has 2 atom stereocenters. The summed E-state index contributed by atoms with van der Waals surface area (Å²) in [5.74, 6) is 0.701. The summed E-state index contributed by atoms with van der Waals surface area (Å²) in [6.45, 7) is 8.13. The van der Waals surface area contributed by atoms with E-state index in [0.717, 1.165) is 38.1 Å². The Morgan fingerprint density at radius 3 is 2.73 bits per heavy atom. The highest BCUT2D eigenvalue weighted by Gasteiger charge is 2.42. The highest BCUT2D eigenvalue weighted by atomic mass is 16.2. The van der Waals surface area contributed by atoms with E-state index in [1.165, 1.54) is 44.2 Å². The summed E-state index contributed by atoms with van der Waals surface area (Å²) in [6.07, 6.45) is 9.70. The Labute approximate surface area is 134 Å². The number of likely N-dealkylation sites (tertiary alicyclic amines) is 2. The summed E-state index contributed by atoms with van der Waals surface area (Å²) in [5.41, 5.74) is 1.32. The van der Waals surface area contributed by atoms with Gasteiger partial charge >= 0.3 is 6.03 Å². The first-order valence-electron chi connectivity index (χ1n) is 9.07. The molecule has 0 aromatic rings. The van der Waals surface area contributed by atoms with Crippen LogP contribution in [0, 0.1) is 5.92 Å². The van der Waals surface area contributed by atoms with Gasteiger partial charge in [0.1, 0.15) is 0 Å². The minimum absolute atomic E-state index is 0.143. The Bertz CT molecular complexity index is 426. The fraction of sp³-hybridized carbons (Fsp3) is 0.833. The van der Waals surface area contributed by atoms with Gasteiger partial charge in [0, 0.05) is 31.7 Å². The number of rotatable bonds is 4. The van der Waals surface area contributed by atoms with Crippen molar-refractivity contribution in [3.8, 4) is 0 Å². The third-order valence-electron chi connectivity index (χ3n) is 5.39. The minimum atomic E-state index is 0.143. The van der Waals surface area contributed by atoms with E-state index in [2.05, 4.69) is 35.0 Å². The lowest BCUT2D eigenvalue weighted by atomic mass is 9.84. The SMILES string of the molecule is CC(C)=CCCNC(=O)N1CC[C@H]2[C@H](CCCN2C2CC2)C1. The lowest BCUT2D eigenvalue weighted by Gasteiger charge is -2.47. The van der Waals surface area contributed by atoms with E-state index in [1.807, 2.05) is 0 Å². The second kappa shape index (κ2) is 7.03. The molecule has 3 rings (SSSR count). The van der Waals surface area contributed by atoms with Crippen LogP contribution >= 0.6 is 0 Å². The number of carbonyl (C=O) groups excluding carboxylic acids is 1. The molecular weight excluding hydrogens is 274 g/mol. The molecule has 0 aromatic heterocycles. The van der Waals surface area contributed by atoms with Crippen LogP contribution in [0.2, 0.25) is 0 Å². The average molecular weight is 305 g/mol. The number of allylic oxidation sites excluding steroid dienone is 1. The quantitative estimate of drug-likeness (QED) is 0.640. The van der Waals surface area contributed by atoms with Gasteiger partial charge in [0.05, 0.1) is 0 Å². The van der Waals surface area contributed by atoms with E-state index >= 15 is 0 Å². The summed E-state index contributed by atoms with van der Waals surface area (Å²) in [6, 6.07) is 1.76. The van der Waals surface area contributed by atoms with Crippen LogP contribution in [0.25, 0.3) is 0 Å². The number of hydrogen-bond acceptors (Lipinski definition) is 2. The van der Waals surface area contributed by atoms with E-state index in [0.29, 0.717) is 5.92 Å². The minimum Gasteiger partial charge on any atom is -0.338 e. The Morgan fingerprint density at radius 1 is 1.18 bits per heavy atom. The summed E-state index contributed by atoms with van der Waals surface area (Å²) in [7, 11) is 0. The van der Waals surface area contributed by atoms with Gasteiger partial charge in [-0.1, -0.05) is 11.6 Å². The molecule has 0 radical (unpaired) electrons. The fourth-order valence-electron chi connectivity index (χ4n) is 4.14. The number of urea groups is 1. The van der Waals surface area contributed by atoms with E-state index in [9.17, 15) is 4.79 Å². The van der Waals surface area contributed by atoms with Crippen molar-refractivity contribution in [2.45, 2.75) is 64.5 Å². The summed E-state index contributed by atoms with van der Waals surface area (Å²) < 4.78 is 0. The van der Waals surface area contributed by atoms with Crippen LogP contribution in [0.15, 0.2) is 11.6 Å². The van der Waals surface area contributed by atoms with Crippen LogP contribution in [0.5, 0.6) is 0 Å². The third-order valence-corrected chi connectivity index (χ3v) is 5.39. The maximum absolute atomic E-state index is 12.3. The van der Waals surface area contributed by atoms with Crippen molar-refractivity contribution in [2.24, 2.45) is 5.92 Å². The van der Waals surface area contributed by atoms with Gasteiger partial charge in [-0.05, 0) is 64.8 Å². The van der Waals surface area contributed by atoms with Gasteiger partial charge in [0.15, 0.2) is 0 Å². The van der Waals surface area contributed by atoms with Crippen LogP contribution < -0.4 is 5.32 Å². The number of nitrogens with one attached hydrogen (secondary N) is 1. The Kier molecular flexibility index (Phi) is 5.07. The molecule has 0 bridgehead atoms. The number of hydrogen-bond donors (Lipinski definition) is 1. The molecule has 2 aliphatic heterocycles. The number of piperidine rings is 2. The van der Waals surface area contributed by atoms with E-state index in [4.69, 9.17) is 0 Å². The van der Waals surface area contributed by atoms with Crippen molar-refractivity contribution in [1.82, 2.24) is 15.1 Å². The fourth-order valence-corrected chi connectivity index (χ4v) is 4.14. The van der Waals surface area contributed by atoms with Gasteiger partial charge in [0.25, 0.3) is 0 Å². The molecule has 22 heavy (non-hydrogen) atoms. The van der Waals surface area contributed by atoms with Gasteiger partial charge in [-0.2, -0.15) is 0 Å². The molecule has 2 heterocycles. The van der Waals surface area contributed by atoms with Crippen molar-refractivity contribution >= 4 is 6.03 Å². The molecular formula is C18H31N3O. The summed E-state index contributed by atoms with van der Waals surface area (Å²) in [5, 5.41) is 3.08. The van der Waals surface area contributed by atoms with Crippen LogP contribution in [-0.4, -0.2) is 54.1 Å². The normalized spacial score (nSPS) is 28.9. The monoisotopic (exact) mass is 305 g/mol. The lowest BCUT2D eigenvalue weighted by molar-refractivity contribution is 0.0296. The van der Waals surface area contributed by atoms with E-state index in [1.54, 1.807) is 0 Å². The number of fused-ring (bicyclic) bond motifs is 1. The third kappa shape index (κ3) is 3.83. The van der Waals surface area contributed by atoms with Gasteiger partial charge in [-0.3, -0.25) is 4.90 Å². The van der Waals surface area contributed by atoms with Gasteiger partial charge < -0.3 is 10.2 Å². The van der Waals surface area contributed by atoms with Gasteiger partial charge in [-0.15, -0.1) is 0 Å². The first-order chi connectivity index (χ1) is 10.6. The maximum atomic E-state index is 12.3. The summed E-state index contributed by atoms with van der Waals surface area (Å²) >= 11 is 0. The largest absolute Gasteiger partial charge is 0.338 e. The Hall–Kier alpha value is -1.03. The molecule has 3 fully saturated rings. The van der Waals surface area contributed by atoms with E-state index < -0.39 is 0 Å². The number of carbonyl (C=O) groups is 1. The highest BCUT2D eigenvalue weighted by Crippen LogP contribution is 2.38. The molecule has 0 spiro atoms. The zero-order chi connectivity index (χ0) is 15.5. The second-order valence-corrected chi connectivity index (χ2v) is 7.48. The maximum Gasteiger partial charge on any atom is 0.317 e. The van der Waals surface area contributed by atoms with Crippen LogP contribution in [0.4, 0.5) is 4.79 Å². The smallest absolute Gasteiger partial charge is 0.317 e. The predicted molar refractivity (Wildman–Crippen MR) is 89.9 cm³/mol. The topological polar surface area (TPSA) is 35.6 Å². The number of amides is 2. The first-order valence-corrected chi connectivity index (χ1v) is 9.07. The molecule has 1 saturated carbocycles. The zero-order valence-corrected chi connectivity index (χ0v) is 14.2. The first kappa shape index (κ1) is 15.9. The van der Waals surface area contributed by atoms with Crippen molar-refractivity contribution in [3.63, 3.8) is 0 Å². The van der Waals surface area contributed by atoms with Crippen molar-refractivity contribution in [2.75, 3.05) is 26.2 Å². The van der Waals surface area contributed by atoms with Crippen molar-refractivity contribution in [3.05, 3.63) is 11.6 Å². The molecule has 0 unspecified atom stereocenters. The van der Waals surface area contributed by atoms with Gasteiger partial charge in [-0.25, -0.2) is 4.79 Å². The molecule has 3 aliphatic rings. The Balaban J connectivity index is 1.46. The molecule has 1 N–H and O–H groups in total. The standard InChI is InChI=1S/C18H31N3O/c1-14(2)5-3-10-19-18(22)20-12-9-17-15(13-20)6-4-11-21(17)16-7-8-16/h5,15-17H,3-4,6-13H2,1-2H3,(H,19,22)/t15-,17+/m1/s1. The molecule has 124 valence electrons. The molecule has 2 amide bonds. The predicted octanol–water partition coefficient (Wildman–Crippen LogP) is 3.00. The molecule has 2 saturated heterocycles. The molecule has 4 nitrogen and oxygen atoms in total. The Morgan fingerprint density at radius 2 is 2.00 bits per heavy atom. The second-order valence-electron chi connectivity index (χ2n) is 7.48. The van der Waals surface area contributed by atoms with Crippen molar-refractivity contribution < 1.29 is 4.79 Å². The van der Waals surface area contributed by atoms with E-state index in [-0.39, 0.29) is 6.03 Å². The summed E-state index contributed by atoms with van der Waals surface area (Å²) in [4.78, 5) is 17.1. The van der Waals surface area contributed by atoms with Crippen LogP contribution in [0.3, 0.4) is 0 Å². The highest BCUT2D eigenvalue weighted by molar-refractivity contribution is 5.74. The average Bonchev–Trinajstić information content (AvgIpc) is 3.34. The molecule has 4 heteroatoms. The van der Waals surface area contributed by atoms with Crippen molar-refractivity contribution in [1.29, 1.82) is 0 Å². The number of nitrogens with zero attached hydrogens (tertiary/aromatic N) is 2. The van der Waals surface area contributed by atoms with Crippen LogP contribution in [0.1, 0.15) is 52.4 Å². The zero-order valence-electron chi connectivity index (χ0n) is 14.2. The molecule has 0 aromatic carbocycles. The lowest BCUT2D eigenvalue weighted by Crippen LogP contribution is -2.57. The van der Waals surface area contributed by atoms with Crippen LogP contribution in [-0.2, 0) is 0 Å². The molecule has 1 aliphatic carbocycles.